The molecule has 110 valence electrons. The fourth-order valence-corrected chi connectivity index (χ4v) is 3.03. The summed E-state index contributed by atoms with van der Waals surface area (Å²) in [5.74, 6) is 0.609. The van der Waals surface area contributed by atoms with Crippen molar-refractivity contribution in [2.24, 2.45) is 0 Å². The fraction of sp³-hybridized carbons (Fsp3) is 0.368. The zero-order valence-corrected chi connectivity index (χ0v) is 12.5. The highest BCUT2D eigenvalue weighted by atomic mass is 19.1. The molecule has 1 atom stereocenters. The van der Waals surface area contributed by atoms with Gasteiger partial charge in [0.05, 0.1) is 0 Å². The molecule has 21 heavy (non-hydrogen) atoms. The van der Waals surface area contributed by atoms with Gasteiger partial charge in [-0.3, -0.25) is 0 Å². The Balaban J connectivity index is 1.73. The summed E-state index contributed by atoms with van der Waals surface area (Å²) in [5.41, 5.74) is 3.76. The second kappa shape index (κ2) is 6.40. The monoisotopic (exact) mass is 283 g/mol. The first-order valence-electron chi connectivity index (χ1n) is 7.78. The van der Waals surface area contributed by atoms with Gasteiger partial charge in [0.15, 0.2) is 0 Å². The Kier molecular flexibility index (Phi) is 4.35. The van der Waals surface area contributed by atoms with Gasteiger partial charge in [-0.05, 0) is 61.1 Å². The second-order valence-corrected chi connectivity index (χ2v) is 5.97. The molecule has 2 heteroatoms. The summed E-state index contributed by atoms with van der Waals surface area (Å²) in [5, 5.41) is 3.34. The van der Waals surface area contributed by atoms with Crippen molar-refractivity contribution < 1.29 is 4.39 Å². The lowest BCUT2D eigenvalue weighted by atomic mass is 9.79. The third kappa shape index (κ3) is 3.33. The van der Waals surface area contributed by atoms with E-state index in [1.807, 2.05) is 13.1 Å². The lowest BCUT2D eigenvalue weighted by Gasteiger charge is -2.26. The van der Waals surface area contributed by atoms with E-state index in [0.29, 0.717) is 0 Å². The van der Waals surface area contributed by atoms with Gasteiger partial charge in [-0.2, -0.15) is 0 Å². The maximum absolute atomic E-state index is 13.3. The third-order valence-electron chi connectivity index (χ3n) is 4.59. The molecule has 2 aromatic rings. The molecule has 0 spiro atoms. The Labute approximate surface area is 126 Å². The molecular formula is C19H22FN. The maximum atomic E-state index is 13.3. The molecule has 0 aromatic heterocycles. The highest BCUT2D eigenvalue weighted by molar-refractivity contribution is 5.30. The molecule has 1 nitrogen and oxygen atoms in total. The van der Waals surface area contributed by atoms with E-state index in [9.17, 15) is 4.39 Å². The molecule has 1 unspecified atom stereocenters. The largest absolute Gasteiger partial charge is 0.313 e. The van der Waals surface area contributed by atoms with Crippen LogP contribution in [0.3, 0.4) is 0 Å². The van der Waals surface area contributed by atoms with Gasteiger partial charge in [-0.25, -0.2) is 4.39 Å². The quantitative estimate of drug-likeness (QED) is 0.846. The molecule has 0 radical (unpaired) electrons. The molecule has 0 aliphatic heterocycles. The van der Waals surface area contributed by atoms with Crippen LogP contribution in [0.5, 0.6) is 0 Å². The molecule has 1 fully saturated rings. The van der Waals surface area contributed by atoms with E-state index in [0.717, 1.165) is 17.9 Å². The van der Waals surface area contributed by atoms with Crippen molar-refractivity contribution in [1.82, 2.24) is 5.32 Å². The lowest BCUT2D eigenvalue weighted by molar-refractivity contribution is 0.419. The number of hydrogen-bond donors (Lipinski definition) is 1. The van der Waals surface area contributed by atoms with Gasteiger partial charge in [0, 0.05) is 6.04 Å². The summed E-state index contributed by atoms with van der Waals surface area (Å²) < 4.78 is 13.3. The molecular weight excluding hydrogens is 261 g/mol. The van der Waals surface area contributed by atoms with Gasteiger partial charge in [0.2, 0.25) is 0 Å². The number of hydrogen-bond acceptors (Lipinski definition) is 1. The van der Waals surface area contributed by atoms with Crippen LogP contribution < -0.4 is 5.32 Å². The highest BCUT2D eigenvalue weighted by Gasteiger charge is 2.19. The summed E-state index contributed by atoms with van der Waals surface area (Å²) in [6.07, 6.45) is 4.83. The topological polar surface area (TPSA) is 12.0 Å². The van der Waals surface area contributed by atoms with Crippen molar-refractivity contribution in [3.05, 3.63) is 71.0 Å². The predicted octanol–water partition coefficient (Wildman–Crippen LogP) is 4.60. The fourth-order valence-electron chi connectivity index (χ4n) is 3.03. The Morgan fingerprint density at radius 1 is 1.14 bits per heavy atom. The molecule has 0 amide bonds. The standard InChI is InChI=1S/C19H22FN/c1-21-19(13-14-4-2-7-18(20)12-14)17-10-8-16(9-11-17)15-5-3-6-15/h2,4,7-12,15,19,21H,3,5-6,13H2,1H3. The van der Waals surface area contributed by atoms with Crippen molar-refractivity contribution in [2.75, 3.05) is 7.05 Å². The lowest BCUT2D eigenvalue weighted by Crippen LogP contribution is -2.19. The molecule has 0 saturated heterocycles. The van der Waals surface area contributed by atoms with Crippen molar-refractivity contribution in [1.29, 1.82) is 0 Å². The van der Waals surface area contributed by atoms with Crippen LogP contribution in [0.25, 0.3) is 0 Å². The number of nitrogens with one attached hydrogen (secondary N) is 1. The van der Waals surface area contributed by atoms with Crippen LogP contribution in [0, 0.1) is 5.82 Å². The van der Waals surface area contributed by atoms with Crippen molar-refractivity contribution >= 4 is 0 Å². The van der Waals surface area contributed by atoms with Gasteiger partial charge in [0.25, 0.3) is 0 Å². The third-order valence-corrected chi connectivity index (χ3v) is 4.59. The molecule has 2 aromatic carbocycles. The minimum Gasteiger partial charge on any atom is -0.313 e. The van der Waals surface area contributed by atoms with Crippen molar-refractivity contribution in [3.63, 3.8) is 0 Å². The van der Waals surface area contributed by atoms with Gasteiger partial charge >= 0.3 is 0 Å². The summed E-state index contributed by atoms with van der Waals surface area (Å²) >= 11 is 0. The minimum atomic E-state index is -0.164. The second-order valence-electron chi connectivity index (χ2n) is 5.97. The van der Waals surface area contributed by atoms with E-state index in [1.165, 1.54) is 36.5 Å². The Morgan fingerprint density at radius 2 is 1.90 bits per heavy atom. The molecule has 1 aliphatic carbocycles. The number of likely N-dealkylation sites (N-methyl/N-ethyl adjacent to an activating group) is 1. The van der Waals surface area contributed by atoms with Crippen LogP contribution >= 0.6 is 0 Å². The van der Waals surface area contributed by atoms with E-state index in [2.05, 4.69) is 29.6 Å². The van der Waals surface area contributed by atoms with E-state index in [-0.39, 0.29) is 11.9 Å². The number of benzene rings is 2. The first-order chi connectivity index (χ1) is 10.3. The zero-order valence-electron chi connectivity index (χ0n) is 12.5. The van der Waals surface area contributed by atoms with Crippen molar-refractivity contribution in [2.45, 2.75) is 37.6 Å². The van der Waals surface area contributed by atoms with Crippen molar-refractivity contribution in [3.8, 4) is 0 Å². The average molecular weight is 283 g/mol. The average Bonchev–Trinajstić information content (AvgIpc) is 2.44. The number of rotatable bonds is 5. The van der Waals surface area contributed by atoms with Gasteiger partial charge < -0.3 is 5.32 Å². The van der Waals surface area contributed by atoms with E-state index >= 15 is 0 Å². The van der Waals surface area contributed by atoms with Crippen LogP contribution in [-0.2, 0) is 6.42 Å². The Morgan fingerprint density at radius 3 is 2.48 bits per heavy atom. The SMILES string of the molecule is CNC(Cc1cccc(F)c1)c1ccc(C2CCC2)cc1. The van der Waals surface area contributed by atoms with Gasteiger partial charge in [-0.1, -0.05) is 42.8 Å². The number of halogens is 1. The zero-order chi connectivity index (χ0) is 14.7. The molecule has 3 rings (SSSR count). The molecule has 1 N–H and O–H groups in total. The summed E-state index contributed by atoms with van der Waals surface area (Å²) in [7, 11) is 1.96. The molecule has 0 bridgehead atoms. The molecule has 0 heterocycles. The van der Waals surface area contributed by atoms with E-state index < -0.39 is 0 Å². The molecule has 1 saturated carbocycles. The molecule has 1 aliphatic rings. The maximum Gasteiger partial charge on any atom is 0.123 e. The summed E-state index contributed by atoms with van der Waals surface area (Å²) in [4.78, 5) is 0. The predicted molar refractivity (Wildman–Crippen MR) is 84.9 cm³/mol. The van der Waals surface area contributed by atoms with Crippen LogP contribution in [0.1, 0.15) is 47.9 Å². The van der Waals surface area contributed by atoms with Crippen LogP contribution in [0.2, 0.25) is 0 Å². The van der Waals surface area contributed by atoms with Crippen LogP contribution in [0.4, 0.5) is 4.39 Å². The van der Waals surface area contributed by atoms with Gasteiger partial charge in [-0.15, -0.1) is 0 Å². The first kappa shape index (κ1) is 14.3. The van der Waals surface area contributed by atoms with Crippen LogP contribution in [-0.4, -0.2) is 7.05 Å². The normalized spacial score (nSPS) is 16.5. The Bertz CT molecular complexity index is 587. The summed E-state index contributed by atoms with van der Waals surface area (Å²) in [6, 6.07) is 16.0. The van der Waals surface area contributed by atoms with E-state index in [4.69, 9.17) is 0 Å². The smallest absolute Gasteiger partial charge is 0.123 e. The Hall–Kier alpha value is -1.67. The summed E-state index contributed by atoms with van der Waals surface area (Å²) in [6.45, 7) is 0. The minimum absolute atomic E-state index is 0.164. The van der Waals surface area contributed by atoms with Gasteiger partial charge in [0.1, 0.15) is 5.82 Å². The van der Waals surface area contributed by atoms with E-state index in [1.54, 1.807) is 12.1 Å². The first-order valence-corrected chi connectivity index (χ1v) is 7.78. The van der Waals surface area contributed by atoms with Crippen LogP contribution in [0.15, 0.2) is 48.5 Å². The highest BCUT2D eigenvalue weighted by Crippen LogP contribution is 2.36.